The minimum Gasteiger partial charge on any atom is -0.473 e. The zero-order valence-corrected chi connectivity index (χ0v) is 13.7. The van der Waals surface area contributed by atoms with Crippen LogP contribution in [-0.4, -0.2) is 30.1 Å². The largest absolute Gasteiger partial charge is 0.473 e. The monoisotopic (exact) mass is 401 g/mol. The number of benzene rings is 1. The quantitative estimate of drug-likeness (QED) is 0.571. The van der Waals surface area contributed by atoms with Gasteiger partial charge >= 0.3 is 0 Å². The summed E-state index contributed by atoms with van der Waals surface area (Å²) in [7, 11) is 1.59. The number of ether oxygens (including phenoxy) is 2. The van der Waals surface area contributed by atoms with Crippen LogP contribution in [0.4, 0.5) is 4.39 Å². The molecule has 0 atom stereocenters. The van der Waals surface area contributed by atoms with Gasteiger partial charge in [-0.2, -0.15) is 5.26 Å². The summed E-state index contributed by atoms with van der Waals surface area (Å²) in [5.74, 6) is -0.0104. The van der Waals surface area contributed by atoms with Crippen molar-refractivity contribution in [2.24, 2.45) is 0 Å². The molecule has 0 fully saturated rings. The molecule has 0 aliphatic carbocycles. The standard InChI is InChI=1S/C14H13FIN3O2/c1-9-13(16)14(21-4-3-20-2)18-19(9)12-6-10(8-17)5-11(15)7-12/h5-7H,3-4H2,1-2H3. The molecule has 2 aromatic rings. The van der Waals surface area contributed by atoms with Crippen LogP contribution in [0.5, 0.6) is 5.88 Å². The molecular weight excluding hydrogens is 388 g/mol. The molecular formula is C14H13FIN3O2. The molecule has 0 saturated carbocycles. The highest BCUT2D eigenvalue weighted by Crippen LogP contribution is 2.26. The number of aromatic nitrogens is 2. The fourth-order valence-electron chi connectivity index (χ4n) is 1.78. The molecule has 7 heteroatoms. The van der Waals surface area contributed by atoms with Crippen molar-refractivity contribution in [1.29, 1.82) is 5.26 Å². The lowest BCUT2D eigenvalue weighted by Gasteiger charge is -2.05. The van der Waals surface area contributed by atoms with Crippen molar-refractivity contribution in [2.75, 3.05) is 20.3 Å². The van der Waals surface area contributed by atoms with Crippen LogP contribution in [0.25, 0.3) is 5.69 Å². The lowest BCUT2D eigenvalue weighted by molar-refractivity contribution is 0.143. The normalized spacial score (nSPS) is 10.4. The van der Waals surface area contributed by atoms with Gasteiger partial charge in [-0.25, -0.2) is 9.07 Å². The van der Waals surface area contributed by atoms with E-state index in [1.807, 2.05) is 13.0 Å². The van der Waals surface area contributed by atoms with Gasteiger partial charge in [-0.05, 0) is 47.7 Å². The Labute approximate surface area is 135 Å². The molecule has 0 bridgehead atoms. The van der Waals surface area contributed by atoms with Crippen LogP contribution < -0.4 is 4.74 Å². The predicted octanol–water partition coefficient (Wildman–Crippen LogP) is 2.82. The van der Waals surface area contributed by atoms with Crippen LogP contribution in [-0.2, 0) is 4.74 Å². The van der Waals surface area contributed by atoms with Gasteiger partial charge in [-0.15, -0.1) is 5.10 Å². The van der Waals surface area contributed by atoms with Crippen LogP contribution in [0.15, 0.2) is 18.2 Å². The van der Waals surface area contributed by atoms with Crippen LogP contribution >= 0.6 is 22.6 Å². The third-order valence-electron chi connectivity index (χ3n) is 2.80. The molecule has 0 aliphatic heterocycles. The molecule has 21 heavy (non-hydrogen) atoms. The topological polar surface area (TPSA) is 60.1 Å². The molecule has 0 unspecified atom stereocenters. The van der Waals surface area contributed by atoms with Crippen LogP contribution in [0.1, 0.15) is 11.3 Å². The minimum absolute atomic E-state index is 0.247. The van der Waals surface area contributed by atoms with Gasteiger partial charge in [-0.3, -0.25) is 0 Å². The lowest BCUT2D eigenvalue weighted by Crippen LogP contribution is -2.06. The van der Waals surface area contributed by atoms with E-state index in [1.165, 1.54) is 12.1 Å². The third-order valence-corrected chi connectivity index (χ3v) is 4.04. The van der Waals surface area contributed by atoms with Gasteiger partial charge in [0.25, 0.3) is 0 Å². The van der Waals surface area contributed by atoms with E-state index in [0.29, 0.717) is 24.8 Å². The van der Waals surface area contributed by atoms with Crippen molar-refractivity contribution in [2.45, 2.75) is 6.92 Å². The molecule has 110 valence electrons. The molecule has 0 aliphatic rings. The van der Waals surface area contributed by atoms with E-state index in [2.05, 4.69) is 27.7 Å². The summed E-state index contributed by atoms with van der Waals surface area (Å²) in [6.45, 7) is 2.70. The van der Waals surface area contributed by atoms with Crippen molar-refractivity contribution in [3.8, 4) is 17.6 Å². The van der Waals surface area contributed by atoms with Gasteiger partial charge in [0.1, 0.15) is 12.4 Å². The van der Waals surface area contributed by atoms with E-state index in [0.717, 1.165) is 9.26 Å². The first-order valence-corrected chi connectivity index (χ1v) is 7.22. The SMILES string of the molecule is COCCOc1nn(-c2cc(F)cc(C#N)c2)c(C)c1I. The van der Waals surface area contributed by atoms with Crippen LogP contribution in [0.3, 0.4) is 0 Å². The highest BCUT2D eigenvalue weighted by molar-refractivity contribution is 14.1. The van der Waals surface area contributed by atoms with E-state index in [1.54, 1.807) is 17.9 Å². The van der Waals surface area contributed by atoms with Gasteiger partial charge in [0.05, 0.1) is 33.2 Å². The van der Waals surface area contributed by atoms with Gasteiger partial charge in [0.15, 0.2) is 0 Å². The smallest absolute Gasteiger partial charge is 0.247 e. The Hall–Kier alpha value is -1.66. The maximum absolute atomic E-state index is 13.5. The fraction of sp³-hybridized carbons (Fsp3) is 0.286. The second-order valence-electron chi connectivity index (χ2n) is 4.27. The first kappa shape index (κ1) is 15.7. The molecule has 1 aromatic heterocycles. The van der Waals surface area contributed by atoms with Gasteiger partial charge in [0, 0.05) is 7.11 Å². The summed E-state index contributed by atoms with van der Waals surface area (Å²) in [6, 6.07) is 6.02. The number of nitrogens with zero attached hydrogens (tertiary/aromatic N) is 3. The van der Waals surface area contributed by atoms with Crippen LogP contribution in [0.2, 0.25) is 0 Å². The summed E-state index contributed by atoms with van der Waals surface area (Å²) in [4.78, 5) is 0. The highest BCUT2D eigenvalue weighted by Gasteiger charge is 2.15. The van der Waals surface area contributed by atoms with Gasteiger partial charge in [-0.1, -0.05) is 0 Å². The Morgan fingerprint density at radius 3 is 2.81 bits per heavy atom. The molecule has 5 nitrogen and oxygen atoms in total. The van der Waals surface area contributed by atoms with Gasteiger partial charge < -0.3 is 9.47 Å². The summed E-state index contributed by atoms with van der Waals surface area (Å²) < 4.78 is 26.4. The maximum atomic E-state index is 13.5. The third kappa shape index (κ3) is 3.51. The maximum Gasteiger partial charge on any atom is 0.247 e. The summed E-state index contributed by atoms with van der Waals surface area (Å²) in [5.41, 5.74) is 1.55. The lowest BCUT2D eigenvalue weighted by atomic mass is 10.2. The second kappa shape index (κ2) is 6.87. The summed E-state index contributed by atoms with van der Waals surface area (Å²) in [5, 5.41) is 13.2. The fourth-order valence-corrected chi connectivity index (χ4v) is 2.28. The Kier molecular flexibility index (Phi) is 5.14. The first-order chi connectivity index (χ1) is 10.1. The van der Waals surface area contributed by atoms with Crippen molar-refractivity contribution >= 4 is 22.6 Å². The number of nitriles is 1. The van der Waals surface area contributed by atoms with Crippen molar-refractivity contribution in [3.63, 3.8) is 0 Å². The molecule has 1 heterocycles. The molecule has 0 amide bonds. The molecule has 0 N–H and O–H groups in total. The zero-order chi connectivity index (χ0) is 15.4. The number of rotatable bonds is 5. The molecule has 1 aromatic carbocycles. The average Bonchev–Trinajstić information content (AvgIpc) is 2.75. The minimum atomic E-state index is -0.476. The van der Waals surface area contributed by atoms with E-state index >= 15 is 0 Å². The van der Waals surface area contributed by atoms with Gasteiger partial charge in [0.2, 0.25) is 5.88 Å². The number of hydrogen-bond donors (Lipinski definition) is 0. The zero-order valence-electron chi connectivity index (χ0n) is 11.6. The predicted molar refractivity (Wildman–Crippen MR) is 83.1 cm³/mol. The number of hydrogen-bond acceptors (Lipinski definition) is 4. The Morgan fingerprint density at radius 1 is 1.38 bits per heavy atom. The second-order valence-corrected chi connectivity index (χ2v) is 5.35. The molecule has 2 rings (SSSR count). The van der Waals surface area contributed by atoms with E-state index in [4.69, 9.17) is 14.7 Å². The molecule has 0 saturated heterocycles. The first-order valence-electron chi connectivity index (χ1n) is 6.14. The van der Waals surface area contributed by atoms with Crippen LogP contribution in [0, 0.1) is 27.6 Å². The number of halogens is 2. The summed E-state index contributed by atoms with van der Waals surface area (Å²) >= 11 is 2.12. The Morgan fingerprint density at radius 2 is 2.14 bits per heavy atom. The molecule has 0 spiro atoms. The van der Waals surface area contributed by atoms with E-state index in [9.17, 15) is 4.39 Å². The average molecular weight is 401 g/mol. The molecule has 0 radical (unpaired) electrons. The van der Waals surface area contributed by atoms with E-state index in [-0.39, 0.29) is 5.56 Å². The Bertz CT molecular complexity index is 694. The van der Waals surface area contributed by atoms with Crippen molar-refractivity contribution < 1.29 is 13.9 Å². The Balaban J connectivity index is 2.38. The van der Waals surface area contributed by atoms with Crippen molar-refractivity contribution in [1.82, 2.24) is 9.78 Å². The van der Waals surface area contributed by atoms with E-state index < -0.39 is 5.82 Å². The summed E-state index contributed by atoms with van der Waals surface area (Å²) in [6.07, 6.45) is 0. The number of methoxy groups -OCH3 is 1. The van der Waals surface area contributed by atoms with Crippen molar-refractivity contribution in [3.05, 3.63) is 38.8 Å². The highest BCUT2D eigenvalue weighted by atomic mass is 127.